The van der Waals surface area contributed by atoms with Crippen LogP contribution in [0.3, 0.4) is 0 Å². The minimum atomic E-state index is -0.851. The second kappa shape index (κ2) is 6.08. The normalized spacial score (nSPS) is 26.3. The Bertz CT molecular complexity index is 478. The van der Waals surface area contributed by atoms with Crippen LogP contribution in [0.25, 0.3) is 0 Å². The molecule has 0 saturated heterocycles. The number of hydrogen-bond acceptors (Lipinski definition) is 1. The van der Waals surface area contributed by atoms with E-state index in [0.717, 1.165) is 37.8 Å². The molecular weight excluding hydrogens is 284 g/mol. The zero-order valence-corrected chi connectivity index (χ0v) is 12.1. The summed E-state index contributed by atoms with van der Waals surface area (Å²) in [5.74, 6) is -1.58. The number of rotatable bonds is 3. The lowest BCUT2D eigenvalue weighted by atomic mass is 9.78. The summed E-state index contributed by atoms with van der Waals surface area (Å²) in [6.07, 6.45) is 3.37. The molecule has 1 amide bonds. The first-order valence-corrected chi connectivity index (χ1v) is 7.33. The maximum absolute atomic E-state index is 13.6. The quantitative estimate of drug-likeness (QED) is 0.843. The van der Waals surface area contributed by atoms with Gasteiger partial charge in [-0.1, -0.05) is 13.0 Å². The first-order valence-electron chi connectivity index (χ1n) is 6.80. The van der Waals surface area contributed by atoms with Crippen molar-refractivity contribution in [3.8, 4) is 0 Å². The van der Waals surface area contributed by atoms with E-state index < -0.39 is 28.6 Å². The molecule has 0 unspecified atom stereocenters. The molecule has 0 aromatic heterocycles. The Morgan fingerprint density at radius 3 is 2.40 bits per heavy atom. The highest BCUT2D eigenvalue weighted by atomic mass is 35.5. The number of halogens is 3. The van der Waals surface area contributed by atoms with Gasteiger partial charge in [-0.05, 0) is 43.7 Å². The van der Waals surface area contributed by atoms with Crippen molar-refractivity contribution < 1.29 is 13.6 Å². The first-order chi connectivity index (χ1) is 9.47. The zero-order chi connectivity index (χ0) is 14.8. The predicted octanol–water partition coefficient (Wildman–Crippen LogP) is 3.88. The predicted molar refractivity (Wildman–Crippen MR) is 74.9 cm³/mol. The van der Waals surface area contributed by atoms with Crippen LogP contribution in [0.15, 0.2) is 18.2 Å². The van der Waals surface area contributed by atoms with Gasteiger partial charge in [-0.15, -0.1) is 11.6 Å². The van der Waals surface area contributed by atoms with Crippen LogP contribution >= 0.6 is 11.6 Å². The van der Waals surface area contributed by atoms with Gasteiger partial charge in [0, 0.05) is 5.88 Å². The fraction of sp³-hybridized carbons (Fsp3) is 0.533. The van der Waals surface area contributed by atoms with E-state index in [4.69, 9.17) is 11.6 Å². The Balaban J connectivity index is 2.18. The standard InChI is InChI=1S/C15H18ClF2NO/c1-10-5-7-15(9-16,8-6-10)19-14(20)13-11(17)3-2-4-12(13)18/h2-4,10H,5-9H2,1H3,(H,19,20). The third kappa shape index (κ3) is 3.11. The highest BCUT2D eigenvalue weighted by Gasteiger charge is 2.36. The smallest absolute Gasteiger partial charge is 0.257 e. The van der Waals surface area contributed by atoms with E-state index in [-0.39, 0.29) is 5.88 Å². The summed E-state index contributed by atoms with van der Waals surface area (Å²) in [5, 5.41) is 2.75. The van der Waals surface area contributed by atoms with Gasteiger partial charge < -0.3 is 5.32 Å². The van der Waals surface area contributed by atoms with E-state index in [1.807, 2.05) is 0 Å². The van der Waals surface area contributed by atoms with Crippen molar-refractivity contribution in [1.82, 2.24) is 5.32 Å². The van der Waals surface area contributed by atoms with Gasteiger partial charge in [0.05, 0.1) is 5.54 Å². The monoisotopic (exact) mass is 301 g/mol. The van der Waals surface area contributed by atoms with Crippen LogP contribution in [0.5, 0.6) is 0 Å². The van der Waals surface area contributed by atoms with Crippen molar-refractivity contribution in [2.75, 3.05) is 5.88 Å². The second-order valence-electron chi connectivity index (χ2n) is 5.65. The average molecular weight is 302 g/mol. The van der Waals surface area contributed by atoms with Gasteiger partial charge in [0.1, 0.15) is 17.2 Å². The molecule has 1 aliphatic rings. The third-order valence-electron chi connectivity index (χ3n) is 4.06. The van der Waals surface area contributed by atoms with E-state index in [2.05, 4.69) is 12.2 Å². The molecule has 0 radical (unpaired) electrons. The molecule has 0 bridgehead atoms. The molecule has 110 valence electrons. The number of hydrogen-bond donors (Lipinski definition) is 1. The van der Waals surface area contributed by atoms with Gasteiger partial charge in [-0.25, -0.2) is 8.78 Å². The molecule has 1 aromatic carbocycles. The minimum absolute atomic E-state index is 0.252. The minimum Gasteiger partial charge on any atom is -0.345 e. The number of carbonyl (C=O) groups is 1. The number of amides is 1. The summed E-state index contributed by atoms with van der Waals surface area (Å²) in [7, 11) is 0. The summed E-state index contributed by atoms with van der Waals surface area (Å²) in [5.41, 5.74) is -1.09. The van der Waals surface area contributed by atoms with E-state index in [0.29, 0.717) is 5.92 Å². The van der Waals surface area contributed by atoms with Gasteiger partial charge in [-0.3, -0.25) is 4.79 Å². The van der Waals surface area contributed by atoms with Crippen LogP contribution in [-0.2, 0) is 0 Å². The Morgan fingerprint density at radius 1 is 1.35 bits per heavy atom. The van der Waals surface area contributed by atoms with Crippen molar-refractivity contribution in [2.45, 2.75) is 38.1 Å². The highest BCUT2D eigenvalue weighted by molar-refractivity contribution is 6.19. The van der Waals surface area contributed by atoms with Gasteiger partial charge in [-0.2, -0.15) is 0 Å². The van der Waals surface area contributed by atoms with Crippen LogP contribution in [0.2, 0.25) is 0 Å². The molecule has 2 rings (SSSR count). The lowest BCUT2D eigenvalue weighted by Crippen LogP contribution is -2.52. The third-order valence-corrected chi connectivity index (χ3v) is 4.57. The maximum atomic E-state index is 13.6. The molecule has 1 fully saturated rings. The Labute approximate surface area is 122 Å². The number of carbonyl (C=O) groups excluding carboxylic acids is 1. The van der Waals surface area contributed by atoms with Crippen molar-refractivity contribution >= 4 is 17.5 Å². The first kappa shape index (κ1) is 15.2. The van der Waals surface area contributed by atoms with Gasteiger partial charge in [0.25, 0.3) is 5.91 Å². The molecule has 1 aromatic rings. The van der Waals surface area contributed by atoms with Crippen molar-refractivity contribution in [2.24, 2.45) is 5.92 Å². The molecule has 20 heavy (non-hydrogen) atoms. The van der Waals surface area contributed by atoms with Gasteiger partial charge >= 0.3 is 0 Å². The van der Waals surface area contributed by atoms with Crippen LogP contribution in [0.4, 0.5) is 8.78 Å². The molecule has 5 heteroatoms. The molecule has 0 atom stereocenters. The lowest BCUT2D eigenvalue weighted by molar-refractivity contribution is 0.0863. The van der Waals surface area contributed by atoms with Gasteiger partial charge in [0.2, 0.25) is 0 Å². The number of nitrogens with one attached hydrogen (secondary N) is 1. The molecule has 2 nitrogen and oxygen atoms in total. The number of alkyl halides is 1. The summed E-state index contributed by atoms with van der Waals surface area (Å²) in [4.78, 5) is 12.2. The maximum Gasteiger partial charge on any atom is 0.257 e. The topological polar surface area (TPSA) is 29.1 Å². The van der Waals surface area contributed by atoms with Crippen LogP contribution in [-0.4, -0.2) is 17.3 Å². The molecule has 1 aliphatic carbocycles. The second-order valence-corrected chi connectivity index (χ2v) is 5.91. The van der Waals surface area contributed by atoms with E-state index >= 15 is 0 Å². The summed E-state index contributed by atoms with van der Waals surface area (Å²) >= 11 is 5.99. The largest absolute Gasteiger partial charge is 0.345 e. The van der Waals surface area contributed by atoms with Crippen LogP contribution < -0.4 is 5.32 Å². The lowest BCUT2D eigenvalue weighted by Gasteiger charge is -2.38. The molecule has 0 aliphatic heterocycles. The molecular formula is C15H18ClF2NO. The summed E-state index contributed by atoms with van der Waals surface area (Å²) in [6, 6.07) is 3.39. The molecule has 0 heterocycles. The Kier molecular flexibility index (Phi) is 4.63. The Morgan fingerprint density at radius 2 is 1.90 bits per heavy atom. The van der Waals surface area contributed by atoms with Crippen LogP contribution in [0, 0.1) is 17.6 Å². The van der Waals surface area contributed by atoms with E-state index in [1.165, 1.54) is 6.07 Å². The van der Waals surface area contributed by atoms with E-state index in [1.54, 1.807) is 0 Å². The van der Waals surface area contributed by atoms with E-state index in [9.17, 15) is 13.6 Å². The Hall–Kier alpha value is -1.16. The van der Waals surface area contributed by atoms with Crippen LogP contribution in [0.1, 0.15) is 43.0 Å². The highest BCUT2D eigenvalue weighted by Crippen LogP contribution is 2.33. The summed E-state index contributed by atoms with van der Waals surface area (Å²) < 4.78 is 27.2. The van der Waals surface area contributed by atoms with Crippen molar-refractivity contribution in [3.63, 3.8) is 0 Å². The van der Waals surface area contributed by atoms with Gasteiger partial charge in [0.15, 0.2) is 0 Å². The van der Waals surface area contributed by atoms with Crippen molar-refractivity contribution in [1.29, 1.82) is 0 Å². The number of benzene rings is 1. The average Bonchev–Trinajstić information content (AvgIpc) is 2.41. The fourth-order valence-electron chi connectivity index (χ4n) is 2.62. The fourth-order valence-corrected chi connectivity index (χ4v) is 2.96. The zero-order valence-electron chi connectivity index (χ0n) is 11.4. The SMILES string of the molecule is CC1CCC(CCl)(NC(=O)c2c(F)cccc2F)CC1. The van der Waals surface area contributed by atoms with Crippen molar-refractivity contribution in [3.05, 3.63) is 35.4 Å². The molecule has 1 saturated carbocycles. The molecule has 0 spiro atoms. The summed E-state index contributed by atoms with van der Waals surface area (Å²) in [6.45, 7) is 2.15. The molecule has 1 N–H and O–H groups in total.